The SMILES string of the molecule is Cc1ccccc1.O=c1cc(-c2ccc(O)c(O)c2)oc2cc(O)cc(O)c12. The molecule has 1 heterocycles. The molecule has 142 valence electrons. The van der Waals surface area contributed by atoms with E-state index >= 15 is 0 Å². The zero-order valence-corrected chi connectivity index (χ0v) is 15.0. The van der Waals surface area contributed by atoms with Crippen LogP contribution >= 0.6 is 0 Å². The first-order valence-corrected chi connectivity index (χ1v) is 8.39. The van der Waals surface area contributed by atoms with Gasteiger partial charge in [-0.2, -0.15) is 0 Å². The molecule has 0 unspecified atom stereocenters. The van der Waals surface area contributed by atoms with Crippen LogP contribution in [0.5, 0.6) is 23.0 Å². The molecule has 0 atom stereocenters. The summed E-state index contributed by atoms with van der Waals surface area (Å²) in [6.45, 7) is 2.08. The number of fused-ring (bicyclic) bond motifs is 1. The van der Waals surface area contributed by atoms with E-state index < -0.39 is 5.43 Å². The molecular formula is C22H18O6. The minimum absolute atomic E-state index is 0.0163. The molecule has 0 fully saturated rings. The van der Waals surface area contributed by atoms with Gasteiger partial charge >= 0.3 is 0 Å². The first-order valence-electron chi connectivity index (χ1n) is 8.39. The summed E-state index contributed by atoms with van der Waals surface area (Å²) in [5.41, 5.74) is 1.22. The number of benzene rings is 3. The predicted molar refractivity (Wildman–Crippen MR) is 106 cm³/mol. The molecule has 0 aliphatic rings. The monoisotopic (exact) mass is 378 g/mol. The van der Waals surface area contributed by atoms with Crippen molar-refractivity contribution in [3.8, 4) is 34.3 Å². The molecule has 6 heteroatoms. The summed E-state index contributed by atoms with van der Waals surface area (Å²) in [6.07, 6.45) is 0. The topological polar surface area (TPSA) is 111 Å². The van der Waals surface area contributed by atoms with Crippen LogP contribution in [0.2, 0.25) is 0 Å². The summed E-state index contributed by atoms with van der Waals surface area (Å²) < 4.78 is 5.47. The molecule has 4 N–H and O–H groups in total. The summed E-state index contributed by atoms with van der Waals surface area (Å²) in [5, 5.41) is 37.9. The first-order chi connectivity index (χ1) is 13.3. The quantitative estimate of drug-likeness (QED) is 0.368. The second-order valence-electron chi connectivity index (χ2n) is 6.17. The third kappa shape index (κ3) is 4.07. The maximum Gasteiger partial charge on any atom is 0.197 e. The Kier molecular flexibility index (Phi) is 5.22. The lowest BCUT2D eigenvalue weighted by molar-refractivity contribution is 0.404. The molecule has 0 amide bonds. The highest BCUT2D eigenvalue weighted by atomic mass is 16.3. The number of hydrogen-bond donors (Lipinski definition) is 4. The van der Waals surface area contributed by atoms with Crippen LogP contribution in [0.15, 0.2) is 75.9 Å². The van der Waals surface area contributed by atoms with E-state index in [1.807, 2.05) is 18.2 Å². The van der Waals surface area contributed by atoms with Gasteiger partial charge in [-0.25, -0.2) is 0 Å². The Bertz CT molecular complexity index is 1180. The van der Waals surface area contributed by atoms with Crippen LogP contribution in [0.3, 0.4) is 0 Å². The van der Waals surface area contributed by atoms with Crippen LogP contribution in [0.4, 0.5) is 0 Å². The van der Waals surface area contributed by atoms with E-state index in [0.717, 1.165) is 12.1 Å². The van der Waals surface area contributed by atoms with Crippen molar-refractivity contribution in [1.29, 1.82) is 0 Å². The molecule has 4 aromatic rings. The van der Waals surface area contributed by atoms with Gasteiger partial charge in [0.1, 0.15) is 28.2 Å². The van der Waals surface area contributed by atoms with E-state index in [1.165, 1.54) is 29.8 Å². The van der Waals surface area contributed by atoms with Crippen molar-refractivity contribution in [3.63, 3.8) is 0 Å². The Morgan fingerprint density at radius 3 is 2.07 bits per heavy atom. The number of hydrogen-bond acceptors (Lipinski definition) is 6. The van der Waals surface area contributed by atoms with Crippen molar-refractivity contribution in [3.05, 3.63) is 82.5 Å². The highest BCUT2D eigenvalue weighted by molar-refractivity contribution is 5.86. The largest absolute Gasteiger partial charge is 0.508 e. The van der Waals surface area contributed by atoms with E-state index in [9.17, 15) is 25.2 Å². The molecule has 28 heavy (non-hydrogen) atoms. The standard InChI is InChI=1S/C15H10O6.C7H8/c16-8-4-11(19)15-12(20)6-13(21-14(15)5-8)7-1-2-9(17)10(18)3-7;1-7-5-3-2-4-6-7/h1-6,16-19H;2-6H,1H3. The van der Waals surface area contributed by atoms with Gasteiger partial charge in [0.2, 0.25) is 0 Å². The summed E-state index contributed by atoms with van der Waals surface area (Å²) >= 11 is 0. The smallest absolute Gasteiger partial charge is 0.197 e. The van der Waals surface area contributed by atoms with Gasteiger partial charge in [-0.05, 0) is 25.1 Å². The summed E-state index contributed by atoms with van der Waals surface area (Å²) in [6, 6.07) is 17.6. The fraction of sp³-hybridized carbons (Fsp3) is 0.0455. The number of aryl methyl sites for hydroxylation is 1. The highest BCUT2D eigenvalue weighted by Crippen LogP contribution is 2.33. The van der Waals surface area contributed by atoms with Crippen molar-refractivity contribution in [2.75, 3.05) is 0 Å². The maximum absolute atomic E-state index is 12.0. The fourth-order valence-electron chi connectivity index (χ4n) is 2.61. The maximum atomic E-state index is 12.0. The third-order valence-electron chi connectivity index (χ3n) is 4.00. The van der Waals surface area contributed by atoms with Gasteiger partial charge in [-0.15, -0.1) is 0 Å². The van der Waals surface area contributed by atoms with Crippen LogP contribution in [0.1, 0.15) is 5.56 Å². The molecule has 0 saturated heterocycles. The molecule has 3 aromatic carbocycles. The van der Waals surface area contributed by atoms with E-state index in [4.69, 9.17) is 4.42 Å². The van der Waals surface area contributed by atoms with Crippen LogP contribution in [-0.4, -0.2) is 20.4 Å². The minimum Gasteiger partial charge on any atom is -0.508 e. The summed E-state index contributed by atoms with van der Waals surface area (Å²) in [7, 11) is 0. The van der Waals surface area contributed by atoms with Crippen LogP contribution in [0, 0.1) is 6.92 Å². The molecule has 1 aromatic heterocycles. The molecule has 6 nitrogen and oxygen atoms in total. The average molecular weight is 378 g/mol. The number of phenols is 4. The van der Waals surface area contributed by atoms with Gasteiger partial charge in [0.05, 0.1) is 0 Å². The van der Waals surface area contributed by atoms with Gasteiger partial charge in [-0.3, -0.25) is 4.79 Å². The van der Waals surface area contributed by atoms with Crippen LogP contribution in [0.25, 0.3) is 22.3 Å². The van der Waals surface area contributed by atoms with Crippen molar-refractivity contribution < 1.29 is 24.8 Å². The van der Waals surface area contributed by atoms with Crippen molar-refractivity contribution in [2.45, 2.75) is 6.92 Å². The predicted octanol–water partition coefficient (Wildman–Crippen LogP) is 4.28. The highest BCUT2D eigenvalue weighted by Gasteiger charge is 2.13. The zero-order valence-electron chi connectivity index (χ0n) is 15.0. The lowest BCUT2D eigenvalue weighted by Crippen LogP contribution is -2.00. The van der Waals surface area contributed by atoms with Gasteiger partial charge in [0.25, 0.3) is 0 Å². The molecule has 0 spiro atoms. The molecule has 0 bridgehead atoms. The van der Waals surface area contributed by atoms with E-state index in [-0.39, 0.29) is 39.7 Å². The number of phenolic OH excluding ortho intramolecular Hbond substituents is 4. The third-order valence-corrected chi connectivity index (χ3v) is 4.00. The Morgan fingerprint density at radius 2 is 1.46 bits per heavy atom. The van der Waals surface area contributed by atoms with Crippen LogP contribution in [-0.2, 0) is 0 Å². The second kappa shape index (κ2) is 7.75. The van der Waals surface area contributed by atoms with Crippen LogP contribution < -0.4 is 5.43 Å². The molecule has 0 aliphatic carbocycles. The summed E-state index contributed by atoms with van der Waals surface area (Å²) in [4.78, 5) is 12.0. The average Bonchev–Trinajstić information content (AvgIpc) is 2.64. The molecule has 0 radical (unpaired) electrons. The van der Waals surface area contributed by atoms with Crippen molar-refractivity contribution >= 4 is 11.0 Å². The van der Waals surface area contributed by atoms with Crippen molar-refractivity contribution in [1.82, 2.24) is 0 Å². The van der Waals surface area contributed by atoms with E-state index in [2.05, 4.69) is 19.1 Å². The lowest BCUT2D eigenvalue weighted by Gasteiger charge is -2.06. The van der Waals surface area contributed by atoms with E-state index in [0.29, 0.717) is 5.56 Å². The Morgan fingerprint density at radius 1 is 0.750 bits per heavy atom. The minimum atomic E-state index is -0.490. The molecule has 0 aliphatic heterocycles. The summed E-state index contributed by atoms with van der Waals surface area (Å²) in [5.74, 6) is -1.13. The second-order valence-corrected chi connectivity index (χ2v) is 6.17. The number of aromatic hydroxyl groups is 4. The first kappa shape index (κ1) is 18.8. The van der Waals surface area contributed by atoms with Crippen molar-refractivity contribution in [2.24, 2.45) is 0 Å². The molecule has 4 rings (SSSR count). The normalized spacial score (nSPS) is 10.3. The van der Waals surface area contributed by atoms with Gasteiger partial charge in [0, 0.05) is 23.8 Å². The fourth-order valence-corrected chi connectivity index (χ4v) is 2.61. The Hall–Kier alpha value is -3.93. The van der Waals surface area contributed by atoms with Gasteiger partial charge in [-0.1, -0.05) is 35.9 Å². The lowest BCUT2D eigenvalue weighted by atomic mass is 10.1. The molecular weight excluding hydrogens is 360 g/mol. The number of rotatable bonds is 1. The Balaban J connectivity index is 0.000000271. The Labute approximate surface area is 160 Å². The van der Waals surface area contributed by atoms with E-state index in [1.54, 1.807) is 0 Å². The van der Waals surface area contributed by atoms with Gasteiger partial charge in [0.15, 0.2) is 16.9 Å². The molecule has 0 saturated carbocycles. The zero-order chi connectivity index (χ0) is 20.3. The van der Waals surface area contributed by atoms with Gasteiger partial charge < -0.3 is 24.8 Å².